The molecule has 0 amide bonds. The second-order valence-corrected chi connectivity index (χ2v) is 6.76. The molecule has 0 spiro atoms. The Bertz CT molecular complexity index is 583. The van der Waals surface area contributed by atoms with E-state index in [1.807, 2.05) is 42.6 Å². The Morgan fingerprint density at radius 2 is 1.82 bits per heavy atom. The lowest BCUT2D eigenvalue weighted by Crippen LogP contribution is -2.05. The molecule has 0 saturated carbocycles. The van der Waals surface area contributed by atoms with E-state index in [2.05, 4.69) is 0 Å². The van der Waals surface area contributed by atoms with E-state index in [0.717, 1.165) is 16.9 Å². The summed E-state index contributed by atoms with van der Waals surface area (Å²) in [6, 6.07) is 11.0. The molecule has 2 rings (SSSR count). The SMILES string of the molecule is CCc1sccc1S(=O)(=O)Cc1ccccc1. The fraction of sp³-hybridized carbons (Fsp3) is 0.231. The van der Waals surface area contributed by atoms with E-state index in [4.69, 9.17) is 0 Å². The van der Waals surface area contributed by atoms with E-state index >= 15 is 0 Å². The molecule has 90 valence electrons. The van der Waals surface area contributed by atoms with Crippen molar-refractivity contribution in [2.24, 2.45) is 0 Å². The van der Waals surface area contributed by atoms with Crippen molar-refractivity contribution in [2.45, 2.75) is 24.0 Å². The first kappa shape index (κ1) is 12.3. The second-order valence-electron chi connectivity index (χ2n) is 3.81. The molecule has 2 nitrogen and oxygen atoms in total. The third-order valence-corrected chi connectivity index (χ3v) is 5.52. The molecule has 17 heavy (non-hydrogen) atoms. The molecule has 0 N–H and O–H groups in total. The van der Waals surface area contributed by atoms with E-state index in [1.165, 1.54) is 11.3 Å². The van der Waals surface area contributed by atoms with Crippen LogP contribution in [0.25, 0.3) is 0 Å². The molecule has 0 saturated heterocycles. The molecular weight excluding hydrogens is 252 g/mol. The largest absolute Gasteiger partial charge is 0.223 e. The standard InChI is InChI=1S/C13H14O2S2/c1-2-12-13(8-9-16-12)17(14,15)10-11-6-4-3-5-7-11/h3-9H,2,10H2,1H3. The number of hydrogen-bond acceptors (Lipinski definition) is 3. The summed E-state index contributed by atoms with van der Waals surface area (Å²) in [6.07, 6.45) is 0.765. The monoisotopic (exact) mass is 266 g/mol. The van der Waals surface area contributed by atoms with E-state index in [9.17, 15) is 8.42 Å². The lowest BCUT2D eigenvalue weighted by Gasteiger charge is -2.04. The lowest BCUT2D eigenvalue weighted by molar-refractivity contribution is 0.595. The van der Waals surface area contributed by atoms with Crippen LogP contribution in [0.5, 0.6) is 0 Å². The maximum absolute atomic E-state index is 12.2. The van der Waals surface area contributed by atoms with Gasteiger partial charge in [0.05, 0.1) is 10.6 Å². The Balaban J connectivity index is 2.32. The van der Waals surface area contributed by atoms with E-state index in [1.54, 1.807) is 6.07 Å². The van der Waals surface area contributed by atoms with Crippen molar-refractivity contribution >= 4 is 21.2 Å². The number of rotatable bonds is 4. The minimum absolute atomic E-state index is 0.0809. The van der Waals surface area contributed by atoms with Gasteiger partial charge in [0.15, 0.2) is 9.84 Å². The normalized spacial score (nSPS) is 11.6. The number of hydrogen-bond donors (Lipinski definition) is 0. The molecule has 2 aromatic rings. The summed E-state index contributed by atoms with van der Waals surface area (Å²) in [6.45, 7) is 1.98. The van der Waals surface area contributed by atoms with Gasteiger partial charge in [-0.2, -0.15) is 0 Å². The molecule has 0 bridgehead atoms. The quantitative estimate of drug-likeness (QED) is 0.851. The zero-order valence-corrected chi connectivity index (χ0v) is 11.2. The Morgan fingerprint density at radius 1 is 1.12 bits per heavy atom. The van der Waals surface area contributed by atoms with Crippen LogP contribution in [0, 0.1) is 0 Å². The summed E-state index contributed by atoms with van der Waals surface area (Å²) < 4.78 is 24.5. The molecule has 0 aliphatic carbocycles. The molecule has 1 heterocycles. The number of sulfone groups is 1. The van der Waals surface area contributed by atoms with E-state index in [0.29, 0.717) is 4.90 Å². The highest BCUT2D eigenvalue weighted by Gasteiger charge is 2.19. The molecule has 0 unspecified atom stereocenters. The Labute approximate surface area is 106 Å². The lowest BCUT2D eigenvalue weighted by atomic mass is 10.2. The van der Waals surface area contributed by atoms with E-state index in [-0.39, 0.29) is 5.75 Å². The molecule has 1 aromatic heterocycles. The summed E-state index contributed by atoms with van der Waals surface area (Å²) in [5.74, 6) is 0.0809. The molecule has 0 aliphatic rings. The molecule has 0 fully saturated rings. The molecule has 0 aliphatic heterocycles. The van der Waals surface area contributed by atoms with Gasteiger partial charge >= 0.3 is 0 Å². The number of benzene rings is 1. The third kappa shape index (κ3) is 2.76. The van der Waals surface area contributed by atoms with Crippen LogP contribution in [-0.4, -0.2) is 8.42 Å². The minimum atomic E-state index is -3.20. The van der Waals surface area contributed by atoms with Gasteiger partial charge in [0.1, 0.15) is 0 Å². The summed E-state index contributed by atoms with van der Waals surface area (Å²) >= 11 is 1.51. The maximum atomic E-state index is 12.2. The average Bonchev–Trinajstić information content (AvgIpc) is 2.78. The van der Waals surface area contributed by atoms with Gasteiger partial charge in [-0.15, -0.1) is 11.3 Å². The highest BCUT2D eigenvalue weighted by atomic mass is 32.2. The fourth-order valence-corrected chi connectivity index (χ4v) is 4.62. The van der Waals surface area contributed by atoms with Crippen LogP contribution in [0.2, 0.25) is 0 Å². The Hall–Kier alpha value is -1.13. The molecule has 1 aromatic carbocycles. The fourth-order valence-electron chi connectivity index (χ4n) is 1.74. The number of aryl methyl sites for hydroxylation is 1. The maximum Gasteiger partial charge on any atom is 0.183 e. The van der Waals surface area contributed by atoms with Gasteiger partial charge < -0.3 is 0 Å². The van der Waals surface area contributed by atoms with Gasteiger partial charge in [-0.25, -0.2) is 8.42 Å². The minimum Gasteiger partial charge on any atom is -0.223 e. The Morgan fingerprint density at radius 3 is 2.47 bits per heavy atom. The van der Waals surface area contributed by atoms with Crippen molar-refractivity contribution < 1.29 is 8.42 Å². The predicted molar refractivity (Wildman–Crippen MR) is 71.0 cm³/mol. The first-order chi connectivity index (χ1) is 8.13. The van der Waals surface area contributed by atoms with Crippen LogP contribution in [0.1, 0.15) is 17.4 Å². The Kier molecular flexibility index (Phi) is 3.64. The van der Waals surface area contributed by atoms with Crippen LogP contribution < -0.4 is 0 Å². The van der Waals surface area contributed by atoms with Gasteiger partial charge in [0, 0.05) is 4.88 Å². The van der Waals surface area contributed by atoms with Crippen LogP contribution in [-0.2, 0) is 22.0 Å². The third-order valence-electron chi connectivity index (χ3n) is 2.56. The zero-order valence-electron chi connectivity index (χ0n) is 9.59. The topological polar surface area (TPSA) is 34.1 Å². The van der Waals surface area contributed by atoms with Crippen LogP contribution in [0.4, 0.5) is 0 Å². The molecular formula is C13H14O2S2. The zero-order chi connectivity index (χ0) is 12.3. The summed E-state index contributed by atoms with van der Waals surface area (Å²) in [5, 5.41) is 1.84. The van der Waals surface area contributed by atoms with Crippen LogP contribution in [0.3, 0.4) is 0 Å². The predicted octanol–water partition coefficient (Wildman–Crippen LogP) is 3.28. The van der Waals surface area contributed by atoms with Gasteiger partial charge in [-0.3, -0.25) is 0 Å². The first-order valence-corrected chi connectivity index (χ1v) is 7.99. The summed E-state index contributed by atoms with van der Waals surface area (Å²) in [7, 11) is -3.20. The van der Waals surface area contributed by atoms with Crippen LogP contribution in [0.15, 0.2) is 46.7 Å². The van der Waals surface area contributed by atoms with Crippen molar-refractivity contribution in [3.63, 3.8) is 0 Å². The first-order valence-electron chi connectivity index (χ1n) is 5.46. The molecule has 4 heteroatoms. The summed E-state index contributed by atoms with van der Waals surface area (Å²) in [5.41, 5.74) is 0.834. The van der Waals surface area contributed by atoms with Gasteiger partial charge in [-0.1, -0.05) is 37.3 Å². The van der Waals surface area contributed by atoms with Crippen molar-refractivity contribution in [3.8, 4) is 0 Å². The van der Waals surface area contributed by atoms with Gasteiger partial charge in [-0.05, 0) is 23.4 Å². The highest BCUT2D eigenvalue weighted by Crippen LogP contribution is 2.25. The van der Waals surface area contributed by atoms with E-state index < -0.39 is 9.84 Å². The van der Waals surface area contributed by atoms with Crippen molar-refractivity contribution in [3.05, 3.63) is 52.2 Å². The smallest absolute Gasteiger partial charge is 0.183 e. The number of thiophene rings is 1. The second kappa shape index (κ2) is 5.02. The average molecular weight is 266 g/mol. The van der Waals surface area contributed by atoms with Crippen molar-refractivity contribution in [1.29, 1.82) is 0 Å². The van der Waals surface area contributed by atoms with Crippen molar-refractivity contribution in [2.75, 3.05) is 0 Å². The van der Waals surface area contributed by atoms with Gasteiger partial charge in [0.2, 0.25) is 0 Å². The highest BCUT2D eigenvalue weighted by molar-refractivity contribution is 7.90. The van der Waals surface area contributed by atoms with Gasteiger partial charge in [0.25, 0.3) is 0 Å². The molecule has 0 radical (unpaired) electrons. The van der Waals surface area contributed by atoms with Crippen molar-refractivity contribution in [1.82, 2.24) is 0 Å². The summed E-state index contributed by atoms with van der Waals surface area (Å²) in [4.78, 5) is 1.44. The molecule has 0 atom stereocenters. The van der Waals surface area contributed by atoms with Crippen LogP contribution >= 0.6 is 11.3 Å².